The topological polar surface area (TPSA) is 55.9 Å². The number of rotatable bonds is 5. The van der Waals surface area contributed by atoms with Gasteiger partial charge in [0.05, 0.1) is 0 Å². The summed E-state index contributed by atoms with van der Waals surface area (Å²) in [5.41, 5.74) is 4.72. The van der Waals surface area contributed by atoms with E-state index in [1.54, 1.807) is 0 Å². The second-order valence-corrected chi connectivity index (χ2v) is 5.56. The number of hydrazine groups is 1. The quantitative estimate of drug-likeness (QED) is 0.582. The average molecular weight is 222 g/mol. The number of aryl methyl sites for hydroxylation is 2. The maximum absolute atomic E-state index is 5.64. The molecule has 0 bridgehead atoms. The van der Waals surface area contributed by atoms with Gasteiger partial charge in [0.1, 0.15) is 0 Å². The molecule has 3 N–H and O–H groups in total. The smallest absolute Gasteiger partial charge is 0.0492 e. The molecule has 0 aromatic carbocycles. The first-order valence-electron chi connectivity index (χ1n) is 5.97. The van der Waals surface area contributed by atoms with E-state index in [2.05, 4.69) is 30.4 Å². The fourth-order valence-electron chi connectivity index (χ4n) is 2.55. The van der Waals surface area contributed by atoms with Gasteiger partial charge in [0.25, 0.3) is 0 Å². The van der Waals surface area contributed by atoms with Crippen LogP contribution in [0.4, 0.5) is 0 Å². The van der Waals surface area contributed by atoms with Crippen molar-refractivity contribution in [3.63, 3.8) is 0 Å². The van der Waals surface area contributed by atoms with E-state index in [-0.39, 0.29) is 0 Å². The Hall–Kier alpha value is -0.870. The van der Waals surface area contributed by atoms with Gasteiger partial charge in [0.2, 0.25) is 0 Å². The first kappa shape index (κ1) is 11.6. The molecule has 0 aliphatic heterocycles. The summed E-state index contributed by atoms with van der Waals surface area (Å²) in [6.45, 7) is 4.62. The third kappa shape index (κ3) is 2.28. The van der Waals surface area contributed by atoms with Crippen molar-refractivity contribution in [3.05, 3.63) is 18.0 Å². The molecule has 0 spiro atoms. The summed E-state index contributed by atoms with van der Waals surface area (Å²) in [7, 11) is 1.99. The zero-order valence-corrected chi connectivity index (χ0v) is 10.4. The molecule has 1 aliphatic carbocycles. The molecule has 2 unspecified atom stereocenters. The summed E-state index contributed by atoms with van der Waals surface area (Å²) in [6.07, 6.45) is 5.26. The molecule has 1 aliphatic rings. The first-order valence-corrected chi connectivity index (χ1v) is 5.97. The van der Waals surface area contributed by atoms with Crippen molar-refractivity contribution < 1.29 is 0 Å². The Morgan fingerprint density at radius 3 is 2.81 bits per heavy atom. The molecule has 2 rings (SSSR count). The molecule has 1 aromatic heterocycles. The zero-order valence-electron chi connectivity index (χ0n) is 10.4. The molecule has 0 saturated heterocycles. The summed E-state index contributed by atoms with van der Waals surface area (Å²) >= 11 is 0. The second-order valence-electron chi connectivity index (χ2n) is 5.56. The average Bonchev–Trinajstić information content (AvgIpc) is 2.67. The number of hydrogen-bond donors (Lipinski definition) is 2. The predicted molar refractivity (Wildman–Crippen MR) is 64.5 cm³/mol. The number of nitrogens with zero attached hydrogens (tertiary/aromatic N) is 2. The van der Waals surface area contributed by atoms with Crippen molar-refractivity contribution in [1.29, 1.82) is 0 Å². The van der Waals surface area contributed by atoms with Gasteiger partial charge in [-0.3, -0.25) is 16.0 Å². The van der Waals surface area contributed by atoms with Crippen LogP contribution in [0, 0.1) is 11.3 Å². The zero-order chi connectivity index (χ0) is 11.8. The van der Waals surface area contributed by atoms with Crippen LogP contribution in [-0.4, -0.2) is 15.8 Å². The number of nitrogens with one attached hydrogen (secondary N) is 1. The van der Waals surface area contributed by atoms with Gasteiger partial charge in [-0.1, -0.05) is 13.8 Å². The highest BCUT2D eigenvalue weighted by atomic mass is 15.3. The summed E-state index contributed by atoms with van der Waals surface area (Å²) in [6, 6.07) is 2.51. The Bertz CT molecular complexity index is 356. The molecule has 4 heteroatoms. The van der Waals surface area contributed by atoms with Crippen LogP contribution in [-0.2, 0) is 13.5 Å². The monoisotopic (exact) mass is 222 g/mol. The van der Waals surface area contributed by atoms with Crippen LogP contribution in [0.2, 0.25) is 0 Å². The van der Waals surface area contributed by atoms with Gasteiger partial charge in [-0.2, -0.15) is 5.10 Å². The van der Waals surface area contributed by atoms with Gasteiger partial charge in [0, 0.05) is 25.0 Å². The lowest BCUT2D eigenvalue weighted by Crippen LogP contribution is -2.38. The third-order valence-corrected chi connectivity index (χ3v) is 3.92. The molecule has 4 nitrogen and oxygen atoms in total. The fourth-order valence-corrected chi connectivity index (χ4v) is 2.55. The van der Waals surface area contributed by atoms with E-state index >= 15 is 0 Å². The van der Waals surface area contributed by atoms with E-state index in [0.29, 0.717) is 11.5 Å². The highest BCUT2D eigenvalue weighted by molar-refractivity contribution is 5.04. The van der Waals surface area contributed by atoms with E-state index in [1.807, 2.05) is 17.9 Å². The molecule has 1 aromatic rings. The lowest BCUT2D eigenvalue weighted by atomic mass is 9.99. The van der Waals surface area contributed by atoms with Crippen LogP contribution in [0.3, 0.4) is 0 Å². The molecule has 2 atom stereocenters. The lowest BCUT2D eigenvalue weighted by Gasteiger charge is -2.17. The lowest BCUT2D eigenvalue weighted by molar-refractivity contribution is 0.388. The predicted octanol–water partition coefficient (Wildman–Crippen LogP) is 1.23. The van der Waals surface area contributed by atoms with E-state index in [0.717, 1.165) is 18.8 Å². The number of nitrogens with two attached hydrogens (primary N) is 1. The van der Waals surface area contributed by atoms with Crippen molar-refractivity contribution in [2.75, 3.05) is 0 Å². The van der Waals surface area contributed by atoms with E-state index in [4.69, 9.17) is 5.84 Å². The van der Waals surface area contributed by atoms with E-state index in [9.17, 15) is 0 Å². The number of aromatic nitrogens is 2. The minimum Gasteiger partial charge on any atom is -0.273 e. The molecular weight excluding hydrogens is 200 g/mol. The van der Waals surface area contributed by atoms with Gasteiger partial charge in [-0.25, -0.2) is 0 Å². The van der Waals surface area contributed by atoms with Crippen LogP contribution >= 0.6 is 0 Å². The molecule has 16 heavy (non-hydrogen) atoms. The maximum Gasteiger partial charge on any atom is 0.0492 e. The van der Waals surface area contributed by atoms with Crippen molar-refractivity contribution in [3.8, 4) is 0 Å². The molecule has 1 fully saturated rings. The molecule has 1 saturated carbocycles. The fraction of sp³-hybridized carbons (Fsp3) is 0.750. The van der Waals surface area contributed by atoms with Gasteiger partial charge < -0.3 is 0 Å². The van der Waals surface area contributed by atoms with Crippen LogP contribution in [0.1, 0.15) is 32.4 Å². The minimum absolute atomic E-state index is 0.435. The highest BCUT2D eigenvalue weighted by Gasteiger charge is 2.49. The normalized spacial score (nSPS) is 24.4. The van der Waals surface area contributed by atoms with Crippen LogP contribution in [0.5, 0.6) is 0 Å². The Labute approximate surface area is 97.2 Å². The standard InChI is InChI=1S/C12H22N4/c1-12(2)8-10(12)11(15-13)5-4-9-6-7-14-16(9)3/h6-7,10-11,15H,4-5,8,13H2,1-3H3. The first-order chi connectivity index (χ1) is 7.54. The third-order valence-electron chi connectivity index (χ3n) is 3.92. The summed E-state index contributed by atoms with van der Waals surface area (Å²) in [5, 5.41) is 4.17. The SMILES string of the molecule is Cn1nccc1CCC(NN)C1CC1(C)C. The molecule has 0 amide bonds. The summed E-state index contributed by atoms with van der Waals surface area (Å²) in [4.78, 5) is 0. The van der Waals surface area contributed by atoms with E-state index < -0.39 is 0 Å². The van der Waals surface area contributed by atoms with Gasteiger partial charge in [-0.15, -0.1) is 0 Å². The van der Waals surface area contributed by atoms with Gasteiger partial charge >= 0.3 is 0 Å². The largest absolute Gasteiger partial charge is 0.273 e. The minimum atomic E-state index is 0.435. The van der Waals surface area contributed by atoms with Crippen molar-refractivity contribution in [2.45, 2.75) is 39.2 Å². The Kier molecular flexibility index (Phi) is 3.04. The van der Waals surface area contributed by atoms with Crippen molar-refractivity contribution >= 4 is 0 Å². The summed E-state index contributed by atoms with van der Waals surface area (Å²) in [5.74, 6) is 6.37. The molecule has 90 valence electrons. The molecule has 1 heterocycles. The van der Waals surface area contributed by atoms with Crippen LogP contribution in [0.15, 0.2) is 12.3 Å². The van der Waals surface area contributed by atoms with E-state index in [1.165, 1.54) is 12.1 Å². The molecular formula is C12H22N4. The second kappa shape index (κ2) is 4.18. The van der Waals surface area contributed by atoms with Crippen LogP contribution in [0.25, 0.3) is 0 Å². The van der Waals surface area contributed by atoms with Gasteiger partial charge in [0.15, 0.2) is 0 Å². The Balaban J connectivity index is 1.87. The number of hydrogen-bond acceptors (Lipinski definition) is 3. The maximum atomic E-state index is 5.64. The van der Waals surface area contributed by atoms with Gasteiger partial charge in [-0.05, 0) is 36.7 Å². The summed E-state index contributed by atoms with van der Waals surface area (Å²) < 4.78 is 1.94. The van der Waals surface area contributed by atoms with Crippen molar-refractivity contribution in [1.82, 2.24) is 15.2 Å². The Morgan fingerprint density at radius 2 is 2.38 bits per heavy atom. The highest BCUT2D eigenvalue weighted by Crippen LogP contribution is 2.54. The van der Waals surface area contributed by atoms with Crippen molar-refractivity contribution in [2.24, 2.45) is 24.2 Å². The molecule has 0 radical (unpaired) electrons. The van der Waals surface area contributed by atoms with Crippen LogP contribution < -0.4 is 11.3 Å². The Morgan fingerprint density at radius 1 is 1.69 bits per heavy atom.